The molecule has 0 amide bonds. The number of aryl methyl sites for hydroxylation is 1. The zero-order valence-corrected chi connectivity index (χ0v) is 8.53. The molecule has 2 rings (SSSR count). The molecule has 14 heavy (non-hydrogen) atoms. The van der Waals surface area contributed by atoms with Gasteiger partial charge in [-0.2, -0.15) is 5.10 Å². The van der Waals surface area contributed by atoms with Gasteiger partial charge in [-0.1, -0.05) is 0 Å². The summed E-state index contributed by atoms with van der Waals surface area (Å²) in [7, 11) is 0. The highest BCUT2D eigenvalue weighted by molar-refractivity contribution is 5.95. The number of aliphatic imine (C=N–C) groups is 1. The number of nitrogens with zero attached hydrogens (tertiary/aromatic N) is 3. The highest BCUT2D eigenvalue weighted by atomic mass is 15.3. The van der Waals surface area contributed by atoms with Crippen molar-refractivity contribution in [1.82, 2.24) is 9.78 Å². The molecule has 0 unspecified atom stereocenters. The molecule has 0 radical (unpaired) electrons. The van der Waals surface area contributed by atoms with Crippen LogP contribution in [0.5, 0.6) is 0 Å². The Morgan fingerprint density at radius 2 is 2.43 bits per heavy atom. The van der Waals surface area contributed by atoms with E-state index in [0.717, 1.165) is 31.0 Å². The summed E-state index contributed by atoms with van der Waals surface area (Å²) < 4.78 is 1.91. The van der Waals surface area contributed by atoms with E-state index in [4.69, 9.17) is 0 Å². The van der Waals surface area contributed by atoms with Crippen molar-refractivity contribution in [2.75, 3.05) is 11.9 Å². The second-order valence-corrected chi connectivity index (χ2v) is 3.50. The number of aromatic nitrogens is 2. The molecule has 4 heteroatoms. The van der Waals surface area contributed by atoms with Crippen LogP contribution in [0.25, 0.3) is 0 Å². The summed E-state index contributed by atoms with van der Waals surface area (Å²) >= 11 is 0. The highest BCUT2D eigenvalue weighted by Gasteiger charge is 2.05. The maximum Gasteiger partial charge on any atom is 0.101 e. The van der Waals surface area contributed by atoms with Crippen LogP contribution in [0.15, 0.2) is 17.4 Å². The minimum absolute atomic E-state index is 0.911. The second kappa shape index (κ2) is 4.26. The molecule has 1 aliphatic heterocycles. The van der Waals surface area contributed by atoms with Gasteiger partial charge in [0.2, 0.25) is 0 Å². The van der Waals surface area contributed by atoms with Gasteiger partial charge in [-0.25, -0.2) is 0 Å². The molecule has 0 atom stereocenters. The molecule has 4 nitrogen and oxygen atoms in total. The molecule has 1 aromatic heterocycles. The third kappa shape index (κ3) is 2.13. The summed E-state index contributed by atoms with van der Waals surface area (Å²) in [6.07, 6.45) is 7.39. The zero-order valence-electron chi connectivity index (χ0n) is 8.53. The van der Waals surface area contributed by atoms with E-state index in [1.54, 1.807) is 0 Å². The number of amidine groups is 1. The van der Waals surface area contributed by atoms with Crippen LogP contribution >= 0.6 is 0 Å². The van der Waals surface area contributed by atoms with Gasteiger partial charge in [0.25, 0.3) is 0 Å². The minimum atomic E-state index is 0.911. The van der Waals surface area contributed by atoms with Crippen molar-refractivity contribution in [3.05, 3.63) is 12.4 Å². The molecule has 0 bridgehead atoms. The summed E-state index contributed by atoms with van der Waals surface area (Å²) in [6, 6.07) is 0. The molecular weight excluding hydrogens is 176 g/mol. The first-order valence-electron chi connectivity index (χ1n) is 5.21. The number of anilines is 1. The molecular formula is C10H16N4. The first-order chi connectivity index (χ1) is 6.88. The van der Waals surface area contributed by atoms with E-state index in [1.165, 1.54) is 12.8 Å². The molecule has 1 aliphatic rings. The largest absolute Gasteiger partial charge is 0.342 e. The van der Waals surface area contributed by atoms with E-state index < -0.39 is 0 Å². The number of hydrogen-bond acceptors (Lipinski definition) is 3. The molecule has 0 aliphatic carbocycles. The summed E-state index contributed by atoms with van der Waals surface area (Å²) in [5.41, 5.74) is 1.05. The van der Waals surface area contributed by atoms with Gasteiger partial charge in [-0.05, 0) is 19.8 Å². The Bertz CT molecular complexity index is 327. The Morgan fingerprint density at radius 3 is 3.07 bits per heavy atom. The molecule has 0 aromatic carbocycles. The SMILES string of the molecule is CCn1cc(NC2=NCCCC2)cn1. The lowest BCUT2D eigenvalue weighted by Gasteiger charge is -2.12. The standard InChI is InChI=1S/C10H16N4/c1-2-14-8-9(7-12-14)13-10-5-3-4-6-11-10/h7-8H,2-6H2,1H3,(H,11,13). The van der Waals surface area contributed by atoms with Crippen molar-refractivity contribution in [1.29, 1.82) is 0 Å². The van der Waals surface area contributed by atoms with E-state index in [2.05, 4.69) is 22.3 Å². The van der Waals surface area contributed by atoms with Crippen LogP contribution in [-0.2, 0) is 6.54 Å². The summed E-state index contributed by atoms with van der Waals surface area (Å²) in [5.74, 6) is 1.10. The van der Waals surface area contributed by atoms with Gasteiger partial charge in [-0.3, -0.25) is 9.67 Å². The molecule has 1 N–H and O–H groups in total. The van der Waals surface area contributed by atoms with E-state index in [1.807, 2.05) is 17.1 Å². The highest BCUT2D eigenvalue weighted by Crippen LogP contribution is 2.10. The monoisotopic (exact) mass is 192 g/mol. The Kier molecular flexibility index (Phi) is 2.81. The Balaban J connectivity index is 1.99. The Morgan fingerprint density at radius 1 is 1.50 bits per heavy atom. The molecule has 0 saturated carbocycles. The molecule has 2 heterocycles. The normalized spacial score (nSPS) is 16.5. The van der Waals surface area contributed by atoms with Gasteiger partial charge in [0, 0.05) is 25.7 Å². The van der Waals surface area contributed by atoms with E-state index in [0.29, 0.717) is 0 Å². The number of nitrogens with one attached hydrogen (secondary N) is 1. The second-order valence-electron chi connectivity index (χ2n) is 3.50. The fourth-order valence-electron chi connectivity index (χ4n) is 1.57. The van der Waals surface area contributed by atoms with Gasteiger partial charge in [0.1, 0.15) is 5.84 Å². The Hall–Kier alpha value is -1.32. The van der Waals surface area contributed by atoms with E-state index in [-0.39, 0.29) is 0 Å². The predicted octanol–water partition coefficient (Wildman–Crippen LogP) is 1.90. The van der Waals surface area contributed by atoms with Gasteiger partial charge < -0.3 is 5.32 Å². The van der Waals surface area contributed by atoms with Crippen molar-refractivity contribution in [3.8, 4) is 0 Å². The van der Waals surface area contributed by atoms with Crippen LogP contribution < -0.4 is 5.32 Å². The summed E-state index contributed by atoms with van der Waals surface area (Å²) in [6.45, 7) is 3.95. The average Bonchev–Trinajstić information content (AvgIpc) is 2.67. The molecule has 1 aromatic rings. The van der Waals surface area contributed by atoms with Crippen molar-refractivity contribution in [2.45, 2.75) is 32.7 Å². The van der Waals surface area contributed by atoms with Crippen LogP contribution in [0.3, 0.4) is 0 Å². The third-order valence-corrected chi connectivity index (χ3v) is 2.37. The van der Waals surface area contributed by atoms with Crippen LogP contribution in [0.1, 0.15) is 26.2 Å². The van der Waals surface area contributed by atoms with Crippen molar-refractivity contribution >= 4 is 11.5 Å². The van der Waals surface area contributed by atoms with Gasteiger partial charge in [-0.15, -0.1) is 0 Å². The molecule has 76 valence electrons. The lowest BCUT2D eigenvalue weighted by molar-refractivity contribution is 0.660. The van der Waals surface area contributed by atoms with Crippen LogP contribution in [0.4, 0.5) is 5.69 Å². The summed E-state index contributed by atoms with van der Waals surface area (Å²) in [5, 5.41) is 7.50. The van der Waals surface area contributed by atoms with Gasteiger partial charge >= 0.3 is 0 Å². The van der Waals surface area contributed by atoms with Gasteiger partial charge in [0.05, 0.1) is 11.9 Å². The summed E-state index contributed by atoms with van der Waals surface area (Å²) in [4.78, 5) is 4.43. The van der Waals surface area contributed by atoms with Crippen molar-refractivity contribution in [2.24, 2.45) is 4.99 Å². The predicted molar refractivity (Wildman–Crippen MR) is 57.7 cm³/mol. The van der Waals surface area contributed by atoms with E-state index >= 15 is 0 Å². The zero-order chi connectivity index (χ0) is 9.80. The lowest BCUT2D eigenvalue weighted by atomic mass is 10.2. The Labute approximate surface area is 84.0 Å². The van der Waals surface area contributed by atoms with E-state index in [9.17, 15) is 0 Å². The van der Waals surface area contributed by atoms with Crippen LogP contribution in [0.2, 0.25) is 0 Å². The quantitative estimate of drug-likeness (QED) is 0.777. The fourth-order valence-corrected chi connectivity index (χ4v) is 1.57. The van der Waals surface area contributed by atoms with Crippen molar-refractivity contribution in [3.63, 3.8) is 0 Å². The smallest absolute Gasteiger partial charge is 0.101 e. The third-order valence-electron chi connectivity index (χ3n) is 2.37. The average molecular weight is 192 g/mol. The van der Waals surface area contributed by atoms with Crippen molar-refractivity contribution < 1.29 is 0 Å². The number of rotatable bonds is 2. The topological polar surface area (TPSA) is 42.2 Å². The van der Waals surface area contributed by atoms with Crippen LogP contribution in [0, 0.1) is 0 Å². The fraction of sp³-hybridized carbons (Fsp3) is 0.600. The first kappa shape index (κ1) is 9.24. The maximum absolute atomic E-state index is 4.43. The number of hydrogen-bond donors (Lipinski definition) is 1. The molecule has 0 saturated heterocycles. The molecule has 0 fully saturated rings. The molecule has 0 spiro atoms. The maximum atomic E-state index is 4.43. The van der Waals surface area contributed by atoms with Crippen LogP contribution in [-0.4, -0.2) is 22.2 Å². The minimum Gasteiger partial charge on any atom is -0.342 e. The lowest BCUT2D eigenvalue weighted by Crippen LogP contribution is -2.15. The van der Waals surface area contributed by atoms with Gasteiger partial charge in [0.15, 0.2) is 0 Å². The first-order valence-corrected chi connectivity index (χ1v) is 5.21.